The molecule has 8 nitrogen and oxygen atoms in total. The van der Waals surface area contributed by atoms with Crippen LogP contribution in [-0.2, 0) is 19.2 Å². The zero-order chi connectivity index (χ0) is 21.0. The average Bonchev–Trinajstić information content (AvgIpc) is 3.04. The van der Waals surface area contributed by atoms with Gasteiger partial charge in [-0.05, 0) is 22.3 Å². The van der Waals surface area contributed by atoms with Crippen LogP contribution in [-0.4, -0.2) is 54.9 Å². The second-order valence-corrected chi connectivity index (χ2v) is 6.64. The lowest BCUT2D eigenvalue weighted by atomic mass is 9.98. The van der Waals surface area contributed by atoms with Crippen LogP contribution >= 0.6 is 0 Å². The minimum atomic E-state index is -1.30. The molecule has 0 saturated heterocycles. The van der Waals surface area contributed by atoms with Crippen LogP contribution in [0.2, 0.25) is 0 Å². The van der Waals surface area contributed by atoms with E-state index in [9.17, 15) is 14.4 Å². The summed E-state index contributed by atoms with van der Waals surface area (Å²) in [7, 11) is 2.60. The summed E-state index contributed by atoms with van der Waals surface area (Å²) in [4.78, 5) is 40.3. The van der Waals surface area contributed by atoms with Gasteiger partial charge >= 0.3 is 12.1 Å². The number of nitrogens with one attached hydrogen (secondary N) is 1. The van der Waals surface area contributed by atoms with E-state index in [1.165, 1.54) is 14.2 Å². The third-order valence-electron chi connectivity index (χ3n) is 4.90. The maximum atomic E-state index is 12.3. The molecular weight excluding hydrogens is 376 g/mol. The number of carboxylic acids is 1. The third kappa shape index (κ3) is 4.38. The summed E-state index contributed by atoms with van der Waals surface area (Å²) in [6, 6.07) is 14.5. The number of hydrogen-bond donors (Lipinski definition) is 2. The maximum Gasteiger partial charge on any atom is 0.407 e. The predicted octanol–water partition coefficient (Wildman–Crippen LogP) is 2.39. The van der Waals surface area contributed by atoms with Crippen molar-refractivity contribution in [2.75, 3.05) is 20.8 Å². The SMILES string of the molecule is CON(C)C(=O)C(CC(=O)O)NC(=O)OCC1c2ccccc2-c2ccccc21. The molecule has 2 N–H and O–H groups in total. The lowest BCUT2D eigenvalue weighted by Crippen LogP contribution is -2.48. The number of likely N-dealkylation sites (N-methyl/N-ethyl adjacent to an activating group) is 1. The van der Waals surface area contributed by atoms with E-state index in [0.717, 1.165) is 27.3 Å². The van der Waals surface area contributed by atoms with Crippen molar-refractivity contribution < 1.29 is 29.1 Å². The lowest BCUT2D eigenvalue weighted by molar-refractivity contribution is -0.172. The van der Waals surface area contributed by atoms with Crippen molar-refractivity contribution in [2.24, 2.45) is 0 Å². The molecule has 1 unspecified atom stereocenters. The maximum absolute atomic E-state index is 12.3. The van der Waals surface area contributed by atoms with Gasteiger partial charge in [-0.2, -0.15) is 0 Å². The first kappa shape index (κ1) is 20.3. The molecule has 0 radical (unpaired) electrons. The second-order valence-electron chi connectivity index (χ2n) is 6.64. The molecule has 29 heavy (non-hydrogen) atoms. The van der Waals surface area contributed by atoms with E-state index in [2.05, 4.69) is 5.32 Å². The van der Waals surface area contributed by atoms with Gasteiger partial charge < -0.3 is 15.2 Å². The number of amides is 2. The van der Waals surface area contributed by atoms with Crippen LogP contribution in [0.4, 0.5) is 4.79 Å². The molecule has 1 atom stereocenters. The Hall–Kier alpha value is -3.39. The summed E-state index contributed by atoms with van der Waals surface area (Å²) in [5.41, 5.74) is 4.30. The molecule has 8 heteroatoms. The Morgan fingerprint density at radius 1 is 1.07 bits per heavy atom. The Kier molecular flexibility index (Phi) is 6.13. The highest BCUT2D eigenvalue weighted by atomic mass is 16.7. The quantitative estimate of drug-likeness (QED) is 0.694. The zero-order valence-electron chi connectivity index (χ0n) is 16.1. The van der Waals surface area contributed by atoms with Gasteiger partial charge in [0, 0.05) is 13.0 Å². The summed E-state index contributed by atoms with van der Waals surface area (Å²) in [6.07, 6.45) is -1.45. The van der Waals surface area contributed by atoms with E-state index < -0.39 is 30.4 Å². The Bertz CT molecular complexity index is 883. The Labute approximate surface area is 168 Å². The summed E-state index contributed by atoms with van der Waals surface area (Å²) in [5.74, 6) is -2.06. The van der Waals surface area contributed by atoms with Crippen molar-refractivity contribution in [3.63, 3.8) is 0 Å². The van der Waals surface area contributed by atoms with Crippen molar-refractivity contribution >= 4 is 18.0 Å². The predicted molar refractivity (Wildman–Crippen MR) is 104 cm³/mol. The number of carboxylic acid groups (broad SMARTS) is 1. The normalized spacial score (nSPS) is 13.2. The largest absolute Gasteiger partial charge is 0.481 e. The summed E-state index contributed by atoms with van der Waals surface area (Å²) < 4.78 is 5.36. The van der Waals surface area contributed by atoms with Gasteiger partial charge in [0.15, 0.2) is 0 Å². The molecule has 3 rings (SSSR count). The second kappa shape index (κ2) is 8.74. The average molecular weight is 398 g/mol. The monoisotopic (exact) mass is 398 g/mol. The lowest BCUT2D eigenvalue weighted by Gasteiger charge is -2.22. The molecular formula is C21H22N2O6. The van der Waals surface area contributed by atoms with Crippen LogP contribution in [0.1, 0.15) is 23.5 Å². The number of carbonyl (C=O) groups excluding carboxylic acids is 2. The molecule has 0 fully saturated rings. The Morgan fingerprint density at radius 3 is 2.14 bits per heavy atom. The van der Waals surface area contributed by atoms with Crippen LogP contribution < -0.4 is 5.32 Å². The van der Waals surface area contributed by atoms with Crippen LogP contribution in [0.15, 0.2) is 48.5 Å². The fourth-order valence-electron chi connectivity index (χ4n) is 3.47. The number of aliphatic carboxylic acids is 1. The molecule has 0 aromatic heterocycles. The van der Waals surface area contributed by atoms with Crippen molar-refractivity contribution in [1.29, 1.82) is 0 Å². The van der Waals surface area contributed by atoms with E-state index in [1.807, 2.05) is 48.5 Å². The van der Waals surface area contributed by atoms with Crippen molar-refractivity contribution in [3.05, 3.63) is 59.7 Å². The highest BCUT2D eigenvalue weighted by Gasteiger charge is 2.31. The molecule has 0 saturated carbocycles. The molecule has 0 heterocycles. The minimum Gasteiger partial charge on any atom is -0.481 e. The first-order valence-electron chi connectivity index (χ1n) is 9.07. The summed E-state index contributed by atoms with van der Waals surface area (Å²) >= 11 is 0. The van der Waals surface area contributed by atoms with E-state index in [1.54, 1.807) is 0 Å². The molecule has 0 bridgehead atoms. The van der Waals surface area contributed by atoms with Crippen LogP contribution in [0.25, 0.3) is 11.1 Å². The number of alkyl carbamates (subject to hydrolysis) is 1. The van der Waals surface area contributed by atoms with Gasteiger partial charge in [0.25, 0.3) is 5.91 Å². The molecule has 152 valence electrons. The third-order valence-corrected chi connectivity index (χ3v) is 4.90. The first-order chi connectivity index (χ1) is 13.9. The molecule has 2 aromatic rings. The van der Waals surface area contributed by atoms with Gasteiger partial charge in [0.2, 0.25) is 0 Å². The van der Waals surface area contributed by atoms with E-state index in [-0.39, 0.29) is 12.5 Å². The van der Waals surface area contributed by atoms with Gasteiger partial charge in [0.1, 0.15) is 12.6 Å². The Morgan fingerprint density at radius 2 is 1.62 bits per heavy atom. The van der Waals surface area contributed by atoms with Crippen LogP contribution in [0, 0.1) is 0 Å². The molecule has 0 aliphatic heterocycles. The summed E-state index contributed by atoms with van der Waals surface area (Å²) in [6.45, 7) is 0.0635. The highest BCUT2D eigenvalue weighted by molar-refractivity contribution is 5.88. The fourth-order valence-corrected chi connectivity index (χ4v) is 3.47. The van der Waals surface area contributed by atoms with E-state index in [4.69, 9.17) is 14.7 Å². The van der Waals surface area contributed by atoms with Gasteiger partial charge in [-0.15, -0.1) is 0 Å². The van der Waals surface area contributed by atoms with E-state index >= 15 is 0 Å². The van der Waals surface area contributed by atoms with E-state index in [0.29, 0.717) is 0 Å². The van der Waals surface area contributed by atoms with Crippen LogP contribution in [0.5, 0.6) is 0 Å². The number of rotatable bonds is 7. The first-order valence-corrected chi connectivity index (χ1v) is 9.07. The van der Waals surface area contributed by atoms with Gasteiger partial charge in [-0.25, -0.2) is 9.86 Å². The number of nitrogens with zero attached hydrogens (tertiary/aromatic N) is 1. The van der Waals surface area contributed by atoms with Gasteiger partial charge in [0.05, 0.1) is 13.5 Å². The molecule has 2 aromatic carbocycles. The number of carbonyl (C=O) groups is 3. The smallest absolute Gasteiger partial charge is 0.407 e. The van der Waals surface area contributed by atoms with Crippen molar-refractivity contribution in [3.8, 4) is 11.1 Å². The zero-order valence-corrected chi connectivity index (χ0v) is 16.1. The topological polar surface area (TPSA) is 105 Å². The van der Waals surface area contributed by atoms with Crippen molar-refractivity contribution in [2.45, 2.75) is 18.4 Å². The summed E-state index contributed by atoms with van der Waals surface area (Å²) in [5, 5.41) is 12.2. The Balaban J connectivity index is 1.70. The standard InChI is InChI=1S/C21H22N2O6/c1-23(28-2)20(26)18(11-19(24)25)22-21(27)29-12-17-15-9-5-3-7-13(15)14-8-4-6-10-16(14)17/h3-10,17-18H,11-12H2,1-2H3,(H,22,27)(H,24,25). The van der Waals surface area contributed by atoms with Gasteiger partial charge in [-0.1, -0.05) is 48.5 Å². The van der Waals surface area contributed by atoms with Crippen molar-refractivity contribution in [1.82, 2.24) is 10.4 Å². The molecule has 0 spiro atoms. The molecule has 1 aliphatic carbocycles. The fraction of sp³-hybridized carbons (Fsp3) is 0.286. The number of fused-ring (bicyclic) bond motifs is 3. The van der Waals surface area contributed by atoms with Gasteiger partial charge in [-0.3, -0.25) is 14.4 Å². The number of hydrogen-bond acceptors (Lipinski definition) is 5. The number of benzene rings is 2. The minimum absolute atomic E-state index is 0.0635. The number of ether oxygens (including phenoxy) is 1. The molecule has 1 aliphatic rings. The van der Waals surface area contributed by atoms with Crippen LogP contribution in [0.3, 0.4) is 0 Å². The highest BCUT2D eigenvalue weighted by Crippen LogP contribution is 2.44. The molecule has 2 amide bonds. The number of hydroxylamine groups is 2.